The number of halogens is 4. The topological polar surface area (TPSA) is 155 Å². The Morgan fingerprint density at radius 2 is 1.67 bits per heavy atom. The van der Waals surface area contributed by atoms with Crippen LogP contribution in [0.2, 0.25) is 5.02 Å². The summed E-state index contributed by atoms with van der Waals surface area (Å²) in [6, 6.07) is 9.35. The smallest absolute Gasteiger partial charge is 0.418 e. The molecule has 3 aliphatic heterocycles. The first-order valence-electron chi connectivity index (χ1n) is 20.0. The average Bonchev–Trinajstić information content (AvgIpc) is 3.37. The third-order valence-corrected chi connectivity index (χ3v) is 11.9. The van der Waals surface area contributed by atoms with Gasteiger partial charge in [-0.2, -0.15) is 13.2 Å². The van der Waals surface area contributed by atoms with Crippen LogP contribution in [0.1, 0.15) is 75.5 Å². The number of piperidine rings is 2. The van der Waals surface area contributed by atoms with Crippen LogP contribution in [0.3, 0.4) is 0 Å². The van der Waals surface area contributed by atoms with Crippen molar-refractivity contribution in [2.45, 2.75) is 90.0 Å². The number of nitrogens with zero attached hydrogens (tertiary/aromatic N) is 4. The molecule has 58 heavy (non-hydrogen) atoms. The quantitative estimate of drug-likeness (QED) is 0.169. The van der Waals surface area contributed by atoms with E-state index in [1.54, 1.807) is 23.8 Å². The number of carbonyl (C=O) groups is 5. The van der Waals surface area contributed by atoms with E-state index in [-0.39, 0.29) is 85.9 Å². The lowest BCUT2D eigenvalue weighted by Crippen LogP contribution is -2.51. The molecule has 2 aromatic carbocycles. The van der Waals surface area contributed by atoms with Gasteiger partial charge in [0.15, 0.2) is 6.10 Å². The van der Waals surface area contributed by atoms with Crippen molar-refractivity contribution in [1.29, 1.82) is 0 Å². The Kier molecular flexibility index (Phi) is 15.2. The molecule has 2 aromatic rings. The van der Waals surface area contributed by atoms with E-state index in [1.165, 1.54) is 15.9 Å². The zero-order valence-corrected chi connectivity index (χ0v) is 34.1. The minimum absolute atomic E-state index is 0.0230. The van der Waals surface area contributed by atoms with Gasteiger partial charge < -0.3 is 40.1 Å². The summed E-state index contributed by atoms with van der Waals surface area (Å²) in [4.78, 5) is 71.5. The van der Waals surface area contributed by atoms with Gasteiger partial charge in [-0.05, 0) is 86.6 Å². The molecule has 13 nitrogen and oxygen atoms in total. The molecular weight excluding hydrogens is 781 g/mol. The number of hydrogen-bond donors (Lipinski definition) is 2. The fourth-order valence-electron chi connectivity index (χ4n) is 8.02. The Balaban J connectivity index is 1.19. The Bertz CT molecular complexity index is 1800. The first-order chi connectivity index (χ1) is 27.5. The van der Waals surface area contributed by atoms with E-state index >= 15 is 0 Å². The molecule has 5 amide bonds. The number of esters is 1. The summed E-state index contributed by atoms with van der Waals surface area (Å²) in [6.07, 6.45) is -3.55. The number of nitrogen functional groups attached to an aromatic ring is 1. The van der Waals surface area contributed by atoms with Crippen LogP contribution in [0.25, 0.3) is 0 Å². The van der Waals surface area contributed by atoms with Gasteiger partial charge in [-0.3, -0.25) is 14.4 Å². The Hall–Kier alpha value is -4.73. The maximum Gasteiger partial charge on any atom is 0.418 e. The van der Waals surface area contributed by atoms with Crippen molar-refractivity contribution in [3.8, 4) is 0 Å². The van der Waals surface area contributed by atoms with E-state index in [1.807, 2.05) is 24.3 Å². The van der Waals surface area contributed by atoms with Gasteiger partial charge >= 0.3 is 24.3 Å². The van der Waals surface area contributed by atoms with Crippen molar-refractivity contribution >= 4 is 52.9 Å². The molecule has 2 fully saturated rings. The largest absolute Gasteiger partial charge is 0.466 e. The van der Waals surface area contributed by atoms with Gasteiger partial charge in [0.1, 0.15) is 0 Å². The number of carbonyl (C=O) groups excluding carboxylic acids is 5. The third-order valence-electron chi connectivity index (χ3n) is 11.6. The van der Waals surface area contributed by atoms with Gasteiger partial charge in [-0.15, -0.1) is 0 Å². The first kappa shape index (κ1) is 44.4. The molecule has 1 unspecified atom stereocenters. The number of fused-ring (bicyclic) bond motifs is 1. The highest BCUT2D eigenvalue weighted by Gasteiger charge is 2.37. The average molecular weight is 835 g/mol. The van der Waals surface area contributed by atoms with Crippen LogP contribution in [0.15, 0.2) is 36.4 Å². The maximum absolute atomic E-state index is 14.0. The lowest BCUT2D eigenvalue weighted by Gasteiger charge is -2.38. The van der Waals surface area contributed by atoms with Crippen molar-refractivity contribution < 1.29 is 46.6 Å². The predicted molar refractivity (Wildman–Crippen MR) is 212 cm³/mol. The standard InChI is InChI=1S/C41H54ClF3N6O7/c1-4-57-36(53)10-9-35(52)49-18-12-28(13-19-49)26(2)11-17-48(3)38(54)34(25-27-23-31(41(43,44)45)37(46)32(42)24-27)58-40(56)50-20-15-30(16-21-50)51-22-14-29-7-5-6-8-33(29)47-39(51)55/h5-8,23-24,26,28,30,34H,4,9-22,25,46H2,1-3H3,(H,47,55)/t26?,34-/m1/s1. The fourth-order valence-corrected chi connectivity index (χ4v) is 8.26. The number of anilines is 2. The summed E-state index contributed by atoms with van der Waals surface area (Å²) in [5.74, 6) is -0.622. The van der Waals surface area contributed by atoms with E-state index in [2.05, 4.69) is 12.2 Å². The number of alkyl halides is 3. The number of urea groups is 1. The van der Waals surface area contributed by atoms with Crippen molar-refractivity contribution in [3.63, 3.8) is 0 Å². The number of amides is 5. The number of rotatable bonds is 13. The summed E-state index contributed by atoms with van der Waals surface area (Å²) in [6.45, 7) is 6.47. The minimum Gasteiger partial charge on any atom is -0.466 e. The van der Waals surface area contributed by atoms with Gasteiger partial charge in [-0.1, -0.05) is 36.7 Å². The molecule has 3 aliphatic rings. The summed E-state index contributed by atoms with van der Waals surface area (Å²) >= 11 is 6.12. The minimum atomic E-state index is -4.81. The first-order valence-corrected chi connectivity index (χ1v) is 20.4. The van der Waals surface area contributed by atoms with E-state index in [0.717, 1.165) is 30.2 Å². The molecule has 3 heterocycles. The van der Waals surface area contributed by atoms with Crippen LogP contribution < -0.4 is 11.1 Å². The molecule has 0 spiro atoms. The second-order valence-corrected chi connectivity index (χ2v) is 15.8. The number of nitrogens with two attached hydrogens (primary N) is 1. The van der Waals surface area contributed by atoms with Crippen molar-refractivity contribution in [3.05, 3.63) is 58.1 Å². The molecule has 0 aliphatic carbocycles. The number of hydrogen-bond acceptors (Lipinski definition) is 8. The van der Waals surface area contributed by atoms with Gasteiger partial charge in [0, 0.05) is 70.9 Å². The molecule has 0 bridgehead atoms. The molecule has 2 atom stereocenters. The molecular formula is C41H54ClF3N6O7. The highest BCUT2D eigenvalue weighted by atomic mass is 35.5. The predicted octanol–water partition coefficient (Wildman–Crippen LogP) is 6.61. The summed E-state index contributed by atoms with van der Waals surface area (Å²) in [7, 11) is 1.56. The molecule has 318 valence electrons. The van der Waals surface area contributed by atoms with Crippen LogP contribution >= 0.6 is 11.6 Å². The molecule has 17 heteroatoms. The van der Waals surface area contributed by atoms with Crippen LogP contribution in [0.5, 0.6) is 0 Å². The second-order valence-electron chi connectivity index (χ2n) is 15.4. The highest BCUT2D eigenvalue weighted by molar-refractivity contribution is 6.33. The third kappa shape index (κ3) is 11.5. The van der Waals surface area contributed by atoms with E-state index in [4.69, 9.17) is 26.8 Å². The van der Waals surface area contributed by atoms with Crippen LogP contribution in [-0.4, -0.2) is 115 Å². The lowest BCUT2D eigenvalue weighted by atomic mass is 9.83. The van der Waals surface area contributed by atoms with Gasteiger partial charge in [0.25, 0.3) is 5.91 Å². The number of benzene rings is 2. The molecule has 3 N–H and O–H groups in total. The van der Waals surface area contributed by atoms with E-state index in [0.29, 0.717) is 45.3 Å². The lowest BCUT2D eigenvalue weighted by molar-refractivity contribution is -0.146. The van der Waals surface area contributed by atoms with Crippen LogP contribution in [-0.2, 0) is 42.9 Å². The zero-order valence-electron chi connectivity index (χ0n) is 33.3. The molecule has 5 rings (SSSR count). The number of likely N-dealkylation sites (N-methyl/N-ethyl adjacent to an activating group) is 1. The van der Waals surface area contributed by atoms with Crippen molar-refractivity contribution in [1.82, 2.24) is 19.6 Å². The fraction of sp³-hybridized carbons (Fsp3) is 0.585. The molecule has 0 radical (unpaired) electrons. The molecule has 0 aromatic heterocycles. The normalized spacial score (nSPS) is 17.8. The Morgan fingerprint density at radius 3 is 2.34 bits per heavy atom. The Morgan fingerprint density at radius 1 is 1.00 bits per heavy atom. The van der Waals surface area contributed by atoms with E-state index < -0.39 is 41.5 Å². The van der Waals surface area contributed by atoms with Gasteiger partial charge in [0.2, 0.25) is 5.91 Å². The number of nitrogens with one attached hydrogen (secondary N) is 1. The molecule has 0 saturated carbocycles. The Labute approximate surface area is 342 Å². The second kappa shape index (κ2) is 19.8. The summed E-state index contributed by atoms with van der Waals surface area (Å²) in [5.41, 5.74) is 5.71. The SMILES string of the molecule is CCOC(=O)CCC(=O)N1CCC(C(C)CCN(C)C(=O)[C@@H](Cc2cc(Cl)c(N)c(C(F)(F)F)c2)OC(=O)N2CCC(N3CCc4ccccc4NC3=O)CC2)CC1. The zero-order chi connectivity index (χ0) is 42.1. The maximum atomic E-state index is 14.0. The number of para-hydroxylation sites is 1. The van der Waals surface area contributed by atoms with E-state index in [9.17, 15) is 37.1 Å². The van der Waals surface area contributed by atoms with Crippen molar-refractivity contribution in [2.24, 2.45) is 11.8 Å². The van der Waals surface area contributed by atoms with Gasteiger partial charge in [0.05, 0.1) is 29.3 Å². The molecule has 2 saturated heterocycles. The summed E-state index contributed by atoms with van der Waals surface area (Å²) in [5, 5.41) is 2.64. The van der Waals surface area contributed by atoms with Crippen molar-refractivity contribution in [2.75, 3.05) is 64.0 Å². The summed E-state index contributed by atoms with van der Waals surface area (Å²) < 4.78 is 52.4. The van der Waals surface area contributed by atoms with Gasteiger partial charge in [-0.25, -0.2) is 9.59 Å². The monoisotopic (exact) mass is 834 g/mol. The van der Waals surface area contributed by atoms with Crippen LogP contribution in [0, 0.1) is 11.8 Å². The number of ether oxygens (including phenoxy) is 2. The highest BCUT2D eigenvalue weighted by Crippen LogP contribution is 2.38. The van der Waals surface area contributed by atoms with Crippen LogP contribution in [0.4, 0.5) is 34.1 Å². The number of likely N-dealkylation sites (tertiary alicyclic amines) is 2.